The number of amides is 1. The van der Waals surface area contributed by atoms with Crippen LogP contribution in [-0.2, 0) is 17.8 Å². The minimum Gasteiger partial charge on any atom is -0.442 e. The van der Waals surface area contributed by atoms with Crippen molar-refractivity contribution in [2.24, 2.45) is 0 Å². The maximum absolute atomic E-state index is 13.2. The third kappa shape index (κ3) is 4.85. The number of nitrogens with one attached hydrogen (secondary N) is 1. The van der Waals surface area contributed by atoms with E-state index < -0.39 is 12.2 Å². The number of fused-ring (bicyclic) bond motifs is 1. The van der Waals surface area contributed by atoms with Crippen LogP contribution in [0.2, 0.25) is 0 Å². The summed E-state index contributed by atoms with van der Waals surface area (Å²) >= 11 is 0. The van der Waals surface area contributed by atoms with Gasteiger partial charge < -0.3 is 14.6 Å². The van der Waals surface area contributed by atoms with E-state index in [1.54, 1.807) is 43.5 Å². The normalized spacial score (nSPS) is 12.0. The fourth-order valence-corrected chi connectivity index (χ4v) is 3.23. The van der Waals surface area contributed by atoms with E-state index in [-0.39, 0.29) is 18.2 Å². The Morgan fingerprint density at radius 2 is 1.74 bits per heavy atom. The van der Waals surface area contributed by atoms with Crippen LogP contribution in [-0.4, -0.2) is 20.6 Å². The lowest BCUT2D eigenvalue weighted by molar-refractivity contribution is 0.106. The highest BCUT2D eigenvalue weighted by Crippen LogP contribution is 2.18. The van der Waals surface area contributed by atoms with Gasteiger partial charge in [-0.15, -0.1) is 0 Å². The molecule has 4 aromatic rings. The first-order chi connectivity index (χ1) is 15.0. The second-order valence-corrected chi connectivity index (χ2v) is 7.04. The summed E-state index contributed by atoms with van der Waals surface area (Å²) in [4.78, 5) is 21.2. The topological polar surface area (TPSA) is 69.0 Å². The Kier molecular flexibility index (Phi) is 5.88. The van der Waals surface area contributed by atoms with Gasteiger partial charge in [-0.3, -0.25) is 0 Å². The first-order valence-corrected chi connectivity index (χ1v) is 9.74. The highest BCUT2D eigenvalue weighted by Gasteiger charge is 2.15. The van der Waals surface area contributed by atoms with Crippen LogP contribution in [0.1, 0.15) is 30.0 Å². The third-order valence-electron chi connectivity index (χ3n) is 4.85. The van der Waals surface area contributed by atoms with Crippen LogP contribution in [0.3, 0.4) is 0 Å². The molecule has 2 heterocycles. The molecule has 2 aromatic heterocycles. The molecule has 0 aliphatic rings. The van der Waals surface area contributed by atoms with Crippen molar-refractivity contribution in [3.05, 3.63) is 95.4 Å². The molecule has 1 unspecified atom stereocenters. The van der Waals surface area contributed by atoms with E-state index in [1.165, 1.54) is 24.3 Å². The summed E-state index contributed by atoms with van der Waals surface area (Å²) in [6, 6.07) is 15.6. The van der Waals surface area contributed by atoms with E-state index >= 15 is 0 Å². The standard InChI is InChI=1S/C23H20F2N4O2/c1-15(17-6-10-19(25)11-7-17)31-23(30)27-13-21-28-20-3-2-12-26-22(20)29(21)14-16-4-8-18(24)9-5-16/h2-12,15H,13-14H2,1H3,(H,27,30). The van der Waals surface area contributed by atoms with Gasteiger partial charge in [-0.05, 0) is 54.4 Å². The number of pyridine rings is 1. The van der Waals surface area contributed by atoms with Crippen molar-refractivity contribution in [3.63, 3.8) is 0 Å². The Hall–Kier alpha value is -3.81. The van der Waals surface area contributed by atoms with Gasteiger partial charge in [-0.2, -0.15) is 0 Å². The molecule has 1 amide bonds. The molecule has 0 aliphatic heterocycles. The number of carbonyl (C=O) groups excluding carboxylic acids is 1. The van der Waals surface area contributed by atoms with Crippen LogP contribution >= 0.6 is 0 Å². The summed E-state index contributed by atoms with van der Waals surface area (Å²) < 4.78 is 33.6. The summed E-state index contributed by atoms with van der Waals surface area (Å²) in [6.45, 7) is 2.25. The number of nitrogens with zero attached hydrogens (tertiary/aromatic N) is 3. The Morgan fingerprint density at radius 1 is 1.06 bits per heavy atom. The number of carbonyl (C=O) groups is 1. The van der Waals surface area contributed by atoms with Crippen molar-refractivity contribution >= 4 is 17.3 Å². The molecule has 31 heavy (non-hydrogen) atoms. The quantitative estimate of drug-likeness (QED) is 0.487. The number of benzene rings is 2. The zero-order valence-corrected chi connectivity index (χ0v) is 16.8. The second-order valence-electron chi connectivity index (χ2n) is 7.04. The zero-order chi connectivity index (χ0) is 21.8. The first kappa shape index (κ1) is 20.5. The van der Waals surface area contributed by atoms with Gasteiger partial charge >= 0.3 is 6.09 Å². The highest BCUT2D eigenvalue weighted by molar-refractivity contribution is 5.72. The molecular formula is C23H20F2N4O2. The molecule has 0 saturated carbocycles. The molecular weight excluding hydrogens is 402 g/mol. The van der Waals surface area contributed by atoms with Crippen LogP contribution < -0.4 is 5.32 Å². The number of halogens is 2. The van der Waals surface area contributed by atoms with Crippen LogP contribution in [0, 0.1) is 11.6 Å². The van der Waals surface area contributed by atoms with Crippen molar-refractivity contribution in [2.75, 3.05) is 0 Å². The van der Waals surface area contributed by atoms with Gasteiger partial charge in [0, 0.05) is 6.20 Å². The van der Waals surface area contributed by atoms with Gasteiger partial charge in [-0.1, -0.05) is 24.3 Å². The molecule has 6 nitrogen and oxygen atoms in total. The lowest BCUT2D eigenvalue weighted by atomic mass is 10.1. The highest BCUT2D eigenvalue weighted by atomic mass is 19.1. The van der Waals surface area contributed by atoms with Gasteiger partial charge in [0.2, 0.25) is 0 Å². The van der Waals surface area contributed by atoms with E-state index in [0.717, 1.165) is 5.56 Å². The first-order valence-electron chi connectivity index (χ1n) is 9.74. The molecule has 158 valence electrons. The molecule has 0 fully saturated rings. The average Bonchev–Trinajstić information content (AvgIpc) is 3.11. The van der Waals surface area contributed by atoms with Crippen LogP contribution in [0.5, 0.6) is 0 Å². The molecule has 0 radical (unpaired) electrons. The molecule has 0 bridgehead atoms. The Bertz CT molecular complexity index is 1190. The fourth-order valence-electron chi connectivity index (χ4n) is 3.23. The summed E-state index contributed by atoms with van der Waals surface area (Å²) in [5.74, 6) is -0.0734. The van der Waals surface area contributed by atoms with Gasteiger partial charge in [0.15, 0.2) is 5.65 Å². The fraction of sp³-hybridized carbons (Fsp3) is 0.174. The van der Waals surface area contributed by atoms with Crippen molar-refractivity contribution in [2.45, 2.75) is 26.1 Å². The van der Waals surface area contributed by atoms with Crippen molar-refractivity contribution < 1.29 is 18.3 Å². The number of rotatable bonds is 6. The third-order valence-corrected chi connectivity index (χ3v) is 4.85. The molecule has 4 rings (SSSR count). The molecule has 1 atom stereocenters. The largest absolute Gasteiger partial charge is 0.442 e. The van der Waals surface area contributed by atoms with Crippen molar-refractivity contribution in [1.82, 2.24) is 19.9 Å². The number of alkyl carbamates (subject to hydrolysis) is 1. The molecule has 0 saturated heterocycles. The van der Waals surface area contributed by atoms with Crippen molar-refractivity contribution in [1.29, 1.82) is 0 Å². The molecule has 8 heteroatoms. The number of imidazole rings is 1. The maximum Gasteiger partial charge on any atom is 0.408 e. The van der Waals surface area contributed by atoms with E-state index in [4.69, 9.17) is 4.74 Å². The van der Waals surface area contributed by atoms with Gasteiger partial charge in [0.1, 0.15) is 29.1 Å². The summed E-state index contributed by atoms with van der Waals surface area (Å²) in [6.07, 6.45) is 0.506. The van der Waals surface area contributed by atoms with E-state index in [2.05, 4.69) is 15.3 Å². The summed E-state index contributed by atoms with van der Waals surface area (Å²) in [7, 11) is 0. The van der Waals surface area contributed by atoms with E-state index in [1.807, 2.05) is 10.6 Å². The van der Waals surface area contributed by atoms with Gasteiger partial charge in [-0.25, -0.2) is 23.5 Å². The summed E-state index contributed by atoms with van der Waals surface area (Å²) in [5.41, 5.74) is 2.91. The van der Waals surface area contributed by atoms with Crippen LogP contribution in [0.4, 0.5) is 13.6 Å². The predicted octanol–water partition coefficient (Wildman–Crippen LogP) is 4.75. The zero-order valence-electron chi connectivity index (χ0n) is 16.8. The minimum absolute atomic E-state index is 0.118. The molecule has 2 aromatic carbocycles. The lowest BCUT2D eigenvalue weighted by Gasteiger charge is -2.15. The average molecular weight is 422 g/mol. The molecule has 1 N–H and O–H groups in total. The Morgan fingerprint density at radius 3 is 2.45 bits per heavy atom. The second kappa shape index (κ2) is 8.91. The number of ether oxygens (including phenoxy) is 1. The SMILES string of the molecule is CC(OC(=O)NCc1nc2cccnc2n1Cc1ccc(F)cc1)c1ccc(F)cc1. The molecule has 0 aliphatic carbocycles. The number of hydrogen-bond donors (Lipinski definition) is 1. The Balaban J connectivity index is 1.48. The minimum atomic E-state index is -0.620. The smallest absolute Gasteiger partial charge is 0.408 e. The number of aromatic nitrogens is 3. The monoisotopic (exact) mass is 422 g/mol. The molecule has 0 spiro atoms. The van der Waals surface area contributed by atoms with Gasteiger partial charge in [0.05, 0.1) is 13.1 Å². The van der Waals surface area contributed by atoms with Gasteiger partial charge in [0.25, 0.3) is 0 Å². The maximum atomic E-state index is 13.2. The predicted molar refractivity (Wildman–Crippen MR) is 111 cm³/mol. The van der Waals surface area contributed by atoms with Crippen LogP contribution in [0.15, 0.2) is 66.9 Å². The number of hydrogen-bond acceptors (Lipinski definition) is 4. The lowest BCUT2D eigenvalue weighted by Crippen LogP contribution is -2.26. The van der Waals surface area contributed by atoms with E-state index in [9.17, 15) is 13.6 Å². The van der Waals surface area contributed by atoms with Crippen molar-refractivity contribution in [3.8, 4) is 0 Å². The Labute approximate surface area is 177 Å². The summed E-state index contributed by atoms with van der Waals surface area (Å²) in [5, 5.41) is 2.70. The van der Waals surface area contributed by atoms with E-state index in [0.29, 0.717) is 29.1 Å². The van der Waals surface area contributed by atoms with Crippen LogP contribution in [0.25, 0.3) is 11.2 Å².